The molecule has 0 spiro atoms. The Morgan fingerprint density at radius 3 is 1.77 bits per heavy atom. The summed E-state index contributed by atoms with van der Waals surface area (Å²) in [6.45, 7) is -0.00642. The molecule has 1 N–H and O–H groups in total. The van der Waals surface area contributed by atoms with Crippen LogP contribution in [0.4, 0.5) is 0 Å². The van der Waals surface area contributed by atoms with E-state index in [0.717, 1.165) is 20.3 Å². The number of fused-ring (bicyclic) bond motifs is 3. The number of methoxy groups -OCH3 is 1. The van der Waals surface area contributed by atoms with Gasteiger partial charge in [-0.15, -0.1) is 0 Å². The minimum atomic E-state index is -3.28. The van der Waals surface area contributed by atoms with E-state index in [0.29, 0.717) is 0 Å². The van der Waals surface area contributed by atoms with E-state index < -0.39 is 13.3 Å². The van der Waals surface area contributed by atoms with Gasteiger partial charge in [0.05, 0.1) is 0 Å². The van der Waals surface area contributed by atoms with E-state index in [-0.39, 0.29) is 6.61 Å². The molecule has 0 atom stereocenters. The predicted molar refractivity (Wildman–Crippen MR) is 137 cm³/mol. The molecule has 4 aromatic carbocycles. The van der Waals surface area contributed by atoms with Crippen molar-refractivity contribution in [2.45, 2.75) is 6.61 Å². The first-order chi connectivity index (χ1) is 15.1. The van der Waals surface area contributed by atoms with Crippen LogP contribution in [-0.2, 0) is 6.61 Å². The van der Waals surface area contributed by atoms with Crippen molar-refractivity contribution in [3.8, 4) is 16.9 Å². The van der Waals surface area contributed by atoms with Crippen molar-refractivity contribution < 1.29 is 9.84 Å². The quantitative estimate of drug-likeness (QED) is 0.317. The fourth-order valence-electron chi connectivity index (χ4n) is 4.83. The molecule has 1 aliphatic rings. The summed E-state index contributed by atoms with van der Waals surface area (Å²) in [5.41, 5.74) is 3.29. The third-order valence-electron chi connectivity index (χ3n) is 6.16. The minimum absolute atomic E-state index is 0.00642. The second-order valence-corrected chi connectivity index (χ2v) is 17.2. The number of hydrogen-bond acceptors (Lipinski definition) is 2. The van der Waals surface area contributed by atoms with Gasteiger partial charge in [-0.2, -0.15) is 0 Å². The summed E-state index contributed by atoms with van der Waals surface area (Å²) in [4.78, 5) is 0. The van der Waals surface area contributed by atoms with Gasteiger partial charge in [0.15, 0.2) is 0 Å². The summed E-state index contributed by atoms with van der Waals surface area (Å²) >= 11 is 4.20. The zero-order valence-corrected chi connectivity index (χ0v) is 22.2. The molecule has 0 aliphatic carbocycles. The van der Waals surface area contributed by atoms with Crippen molar-refractivity contribution in [2.24, 2.45) is 0 Å². The van der Waals surface area contributed by atoms with Crippen LogP contribution in [0.1, 0.15) is 5.56 Å². The standard InChI is InChI=1S/C26H20Br2GeO2/c1-31-26-13-21-20-12-17(16-30)22(27)14-24(20)29(25(21)15-23(26)28,18-8-4-2-5-9-18)19-10-6-3-7-11-19/h2-15,30H,16H2,1H3. The van der Waals surface area contributed by atoms with Crippen LogP contribution in [-0.4, -0.2) is 25.5 Å². The van der Waals surface area contributed by atoms with E-state index in [1.165, 1.54) is 28.7 Å². The van der Waals surface area contributed by atoms with E-state index in [2.05, 4.69) is 117 Å². The van der Waals surface area contributed by atoms with Crippen LogP contribution in [0.25, 0.3) is 11.1 Å². The van der Waals surface area contributed by atoms with Crippen molar-refractivity contribution in [2.75, 3.05) is 7.11 Å². The van der Waals surface area contributed by atoms with Crippen LogP contribution in [0.15, 0.2) is 93.9 Å². The second-order valence-electron chi connectivity index (χ2n) is 7.66. The monoisotopic (exact) mass is 596 g/mol. The summed E-state index contributed by atoms with van der Waals surface area (Å²) in [5, 5.41) is 9.96. The molecular weight excluding hydrogens is 577 g/mol. The Kier molecular flexibility index (Phi) is 5.59. The average molecular weight is 597 g/mol. The second kappa shape index (κ2) is 8.25. The Hall–Kier alpha value is -1.86. The first-order valence-corrected chi connectivity index (χ1v) is 15.8. The molecule has 0 bridgehead atoms. The van der Waals surface area contributed by atoms with Crippen molar-refractivity contribution in [3.63, 3.8) is 0 Å². The number of benzene rings is 4. The van der Waals surface area contributed by atoms with Gasteiger partial charge in [0, 0.05) is 0 Å². The van der Waals surface area contributed by atoms with Gasteiger partial charge in [-0.05, 0) is 0 Å². The van der Waals surface area contributed by atoms with Crippen LogP contribution < -0.4 is 22.3 Å². The number of aliphatic hydroxyl groups excluding tert-OH is 1. The summed E-state index contributed by atoms with van der Waals surface area (Å²) in [6.07, 6.45) is 0. The summed E-state index contributed by atoms with van der Waals surface area (Å²) in [7, 11) is 1.70. The molecule has 0 saturated carbocycles. The SMILES string of the molecule is COc1cc2[c](cc1Br)[Ge]([c]1ccccc1)([c]1ccccc1)[c]1cc(Br)c(CO)cc1-2. The molecule has 31 heavy (non-hydrogen) atoms. The molecule has 0 aromatic heterocycles. The van der Waals surface area contributed by atoms with E-state index in [1.54, 1.807) is 7.11 Å². The van der Waals surface area contributed by atoms with Gasteiger partial charge < -0.3 is 0 Å². The molecular formula is C26H20Br2GeO2. The molecule has 0 unspecified atom stereocenters. The van der Waals surface area contributed by atoms with Gasteiger partial charge in [0.25, 0.3) is 0 Å². The Bertz CT molecular complexity index is 1170. The van der Waals surface area contributed by atoms with E-state index >= 15 is 0 Å². The predicted octanol–water partition coefficient (Wildman–Crippen LogP) is 4.07. The third kappa shape index (κ3) is 3.15. The van der Waals surface area contributed by atoms with E-state index in [4.69, 9.17) is 4.74 Å². The van der Waals surface area contributed by atoms with Crippen LogP contribution in [0.2, 0.25) is 0 Å². The van der Waals surface area contributed by atoms with Crippen molar-refractivity contribution in [1.29, 1.82) is 0 Å². The zero-order chi connectivity index (χ0) is 21.6. The number of aliphatic hydroxyl groups is 1. The Morgan fingerprint density at radius 2 is 1.26 bits per heavy atom. The van der Waals surface area contributed by atoms with Crippen LogP contribution >= 0.6 is 31.9 Å². The molecule has 0 radical (unpaired) electrons. The molecule has 0 amide bonds. The third-order valence-corrected chi connectivity index (χ3v) is 17.7. The maximum atomic E-state index is 9.96. The molecule has 154 valence electrons. The fourth-order valence-corrected chi connectivity index (χ4v) is 17.6. The normalized spacial score (nSPS) is 13.5. The maximum absolute atomic E-state index is 9.96. The van der Waals surface area contributed by atoms with Crippen molar-refractivity contribution in [3.05, 3.63) is 99.4 Å². The fraction of sp³-hybridized carbons (Fsp3) is 0.0769. The molecule has 1 aliphatic heterocycles. The van der Waals surface area contributed by atoms with E-state index in [1.807, 2.05) is 0 Å². The average Bonchev–Trinajstić information content (AvgIpc) is 3.07. The van der Waals surface area contributed by atoms with Gasteiger partial charge in [-0.1, -0.05) is 0 Å². The molecule has 5 heteroatoms. The summed E-state index contributed by atoms with van der Waals surface area (Å²) < 4.78 is 13.1. The van der Waals surface area contributed by atoms with Gasteiger partial charge in [0.1, 0.15) is 0 Å². The number of ether oxygens (including phenoxy) is 1. The van der Waals surface area contributed by atoms with Gasteiger partial charge in [-0.3, -0.25) is 0 Å². The molecule has 0 saturated heterocycles. The molecule has 4 aromatic rings. The Morgan fingerprint density at radius 1 is 0.742 bits per heavy atom. The molecule has 5 rings (SSSR count). The van der Waals surface area contributed by atoms with Crippen LogP contribution in [0.5, 0.6) is 5.75 Å². The Balaban J connectivity index is 1.99. The van der Waals surface area contributed by atoms with Gasteiger partial charge in [-0.25, -0.2) is 0 Å². The van der Waals surface area contributed by atoms with Gasteiger partial charge >= 0.3 is 203 Å². The zero-order valence-electron chi connectivity index (χ0n) is 16.9. The molecule has 1 heterocycles. The van der Waals surface area contributed by atoms with Crippen molar-refractivity contribution in [1.82, 2.24) is 0 Å². The van der Waals surface area contributed by atoms with Crippen molar-refractivity contribution >= 4 is 62.7 Å². The van der Waals surface area contributed by atoms with E-state index in [9.17, 15) is 5.11 Å². The van der Waals surface area contributed by atoms with Crippen LogP contribution in [0.3, 0.4) is 0 Å². The molecule has 0 fully saturated rings. The Labute approximate surface area is 201 Å². The number of rotatable bonds is 4. The number of hydrogen-bond donors (Lipinski definition) is 1. The summed E-state index contributed by atoms with van der Waals surface area (Å²) in [5.74, 6) is 0.817. The first-order valence-electron chi connectivity index (χ1n) is 10.0. The first kappa shape index (κ1) is 21.0. The molecule has 2 nitrogen and oxygen atoms in total. The summed E-state index contributed by atoms with van der Waals surface area (Å²) in [6, 6.07) is 30.6. The topological polar surface area (TPSA) is 29.5 Å². The van der Waals surface area contributed by atoms with Crippen LogP contribution in [0, 0.1) is 0 Å². The number of halogens is 2. The van der Waals surface area contributed by atoms with Gasteiger partial charge in [0.2, 0.25) is 0 Å².